The molecule has 0 radical (unpaired) electrons. The summed E-state index contributed by atoms with van der Waals surface area (Å²) in [6, 6.07) is 4.21. The Morgan fingerprint density at radius 1 is 1.35 bits per heavy atom. The first kappa shape index (κ1) is 13.9. The number of rotatable bonds is 3. The zero-order valence-corrected chi connectivity index (χ0v) is 11.1. The van der Waals surface area contributed by atoms with Gasteiger partial charge in [0.2, 0.25) is 0 Å². The lowest BCUT2D eigenvalue weighted by Crippen LogP contribution is -2.14. The molecule has 0 atom stereocenters. The van der Waals surface area contributed by atoms with Gasteiger partial charge in [0.25, 0.3) is 11.6 Å². The van der Waals surface area contributed by atoms with Crippen LogP contribution in [0.15, 0.2) is 30.6 Å². The Balaban J connectivity index is 2.25. The highest BCUT2D eigenvalue weighted by Crippen LogP contribution is 2.22. The van der Waals surface area contributed by atoms with Gasteiger partial charge < -0.3 is 5.32 Å². The van der Waals surface area contributed by atoms with Crippen molar-refractivity contribution in [1.29, 1.82) is 0 Å². The lowest BCUT2D eigenvalue weighted by molar-refractivity contribution is -0.384. The van der Waals surface area contributed by atoms with E-state index in [1.807, 2.05) is 0 Å². The van der Waals surface area contributed by atoms with E-state index in [2.05, 4.69) is 15.3 Å². The van der Waals surface area contributed by atoms with Crippen molar-refractivity contribution in [2.75, 3.05) is 5.32 Å². The monoisotopic (exact) mass is 292 g/mol. The number of halogens is 1. The number of carbonyl (C=O) groups excluding carboxylic acids is 1. The number of nitro groups is 1. The summed E-state index contributed by atoms with van der Waals surface area (Å²) in [5.74, 6) is -0.516. The van der Waals surface area contributed by atoms with Gasteiger partial charge in [0.05, 0.1) is 23.0 Å². The van der Waals surface area contributed by atoms with Crippen LogP contribution in [0.1, 0.15) is 16.1 Å². The van der Waals surface area contributed by atoms with Crippen LogP contribution in [0.3, 0.4) is 0 Å². The molecule has 0 unspecified atom stereocenters. The molecular weight excluding hydrogens is 284 g/mol. The first-order valence-corrected chi connectivity index (χ1v) is 5.89. The Hall–Kier alpha value is -2.54. The Labute approximate surface area is 118 Å². The van der Waals surface area contributed by atoms with E-state index in [0.29, 0.717) is 11.3 Å². The number of amides is 1. The highest BCUT2D eigenvalue weighted by molar-refractivity contribution is 6.29. The van der Waals surface area contributed by atoms with Crippen molar-refractivity contribution in [3.8, 4) is 0 Å². The molecule has 1 amide bonds. The molecule has 0 aliphatic rings. The second-order valence-corrected chi connectivity index (χ2v) is 4.32. The summed E-state index contributed by atoms with van der Waals surface area (Å²) < 4.78 is 0. The number of hydrogen-bond donors (Lipinski definition) is 1. The van der Waals surface area contributed by atoms with E-state index >= 15 is 0 Å². The molecule has 0 saturated carbocycles. The highest BCUT2D eigenvalue weighted by Gasteiger charge is 2.13. The molecule has 0 saturated heterocycles. The van der Waals surface area contributed by atoms with E-state index in [1.165, 1.54) is 24.5 Å². The van der Waals surface area contributed by atoms with Crippen molar-refractivity contribution in [3.63, 3.8) is 0 Å². The summed E-state index contributed by atoms with van der Waals surface area (Å²) >= 11 is 5.58. The molecule has 1 N–H and O–H groups in total. The van der Waals surface area contributed by atoms with Crippen molar-refractivity contribution >= 4 is 28.9 Å². The Morgan fingerprint density at radius 3 is 2.70 bits per heavy atom. The fourth-order valence-corrected chi connectivity index (χ4v) is 1.57. The predicted molar refractivity (Wildman–Crippen MR) is 72.8 cm³/mol. The van der Waals surface area contributed by atoms with Crippen LogP contribution in [0, 0.1) is 17.0 Å². The van der Waals surface area contributed by atoms with Crippen molar-refractivity contribution in [2.45, 2.75) is 6.92 Å². The molecule has 7 nitrogen and oxygen atoms in total. The Bertz CT molecular complexity index is 673. The van der Waals surface area contributed by atoms with Crippen LogP contribution in [-0.2, 0) is 0 Å². The van der Waals surface area contributed by atoms with Crippen LogP contribution in [0.25, 0.3) is 0 Å². The number of non-ortho nitro benzene ring substituents is 1. The third-order valence-electron chi connectivity index (χ3n) is 2.53. The smallest absolute Gasteiger partial charge is 0.275 e. The van der Waals surface area contributed by atoms with E-state index in [-0.39, 0.29) is 16.5 Å². The van der Waals surface area contributed by atoms with Gasteiger partial charge in [-0.05, 0) is 12.5 Å². The molecule has 0 fully saturated rings. The third kappa shape index (κ3) is 3.07. The molecule has 0 aliphatic heterocycles. The number of carbonyl (C=O) groups is 1. The topological polar surface area (TPSA) is 98.0 Å². The average Bonchev–Trinajstić information content (AvgIpc) is 2.41. The van der Waals surface area contributed by atoms with Crippen LogP contribution in [0.4, 0.5) is 11.4 Å². The van der Waals surface area contributed by atoms with Gasteiger partial charge in [0.1, 0.15) is 10.8 Å². The fraction of sp³-hybridized carbons (Fsp3) is 0.0833. The van der Waals surface area contributed by atoms with Gasteiger partial charge in [0.15, 0.2) is 0 Å². The zero-order chi connectivity index (χ0) is 14.7. The van der Waals surface area contributed by atoms with E-state index < -0.39 is 10.8 Å². The van der Waals surface area contributed by atoms with E-state index in [9.17, 15) is 14.9 Å². The first-order valence-electron chi connectivity index (χ1n) is 5.51. The molecule has 1 aromatic heterocycles. The number of aromatic nitrogens is 2. The SMILES string of the molecule is Cc1ccc([N+](=O)[O-])cc1NC(=O)c1cnc(Cl)cn1. The molecule has 8 heteroatoms. The average molecular weight is 293 g/mol. The van der Waals surface area contributed by atoms with E-state index in [4.69, 9.17) is 11.6 Å². The van der Waals surface area contributed by atoms with E-state index in [1.54, 1.807) is 13.0 Å². The molecule has 1 aromatic carbocycles. The van der Waals surface area contributed by atoms with Crippen LogP contribution < -0.4 is 5.32 Å². The number of nitrogens with one attached hydrogen (secondary N) is 1. The van der Waals surface area contributed by atoms with Crippen molar-refractivity contribution in [3.05, 3.63) is 57.1 Å². The maximum atomic E-state index is 11.9. The van der Waals surface area contributed by atoms with Gasteiger partial charge in [-0.3, -0.25) is 14.9 Å². The minimum Gasteiger partial charge on any atom is -0.320 e. The maximum absolute atomic E-state index is 11.9. The van der Waals surface area contributed by atoms with E-state index in [0.717, 1.165) is 0 Å². The largest absolute Gasteiger partial charge is 0.320 e. The van der Waals surface area contributed by atoms with Crippen LogP contribution in [0.2, 0.25) is 5.15 Å². The number of aryl methyl sites for hydroxylation is 1. The standard InChI is InChI=1S/C12H9ClN4O3/c1-7-2-3-8(17(19)20)4-9(7)16-12(18)10-5-15-11(13)6-14-10/h2-6H,1H3,(H,16,18). The van der Waals surface area contributed by atoms with Gasteiger partial charge in [0, 0.05) is 12.1 Å². The number of nitrogens with zero attached hydrogens (tertiary/aromatic N) is 3. The quantitative estimate of drug-likeness (QED) is 0.692. The normalized spacial score (nSPS) is 10.1. The number of benzene rings is 1. The Morgan fingerprint density at radius 2 is 2.10 bits per heavy atom. The molecule has 0 bridgehead atoms. The number of hydrogen-bond acceptors (Lipinski definition) is 5. The second kappa shape index (κ2) is 5.62. The van der Waals surface area contributed by atoms with Crippen LogP contribution in [-0.4, -0.2) is 20.8 Å². The molecule has 20 heavy (non-hydrogen) atoms. The van der Waals surface area contributed by atoms with Gasteiger partial charge in [-0.2, -0.15) is 0 Å². The molecule has 102 valence electrons. The van der Waals surface area contributed by atoms with Gasteiger partial charge in [-0.25, -0.2) is 9.97 Å². The van der Waals surface area contributed by atoms with Gasteiger partial charge >= 0.3 is 0 Å². The Kier molecular flexibility index (Phi) is 3.90. The molecule has 0 spiro atoms. The second-order valence-electron chi connectivity index (χ2n) is 3.93. The summed E-state index contributed by atoms with van der Waals surface area (Å²) in [5, 5.41) is 13.4. The molecular formula is C12H9ClN4O3. The van der Waals surface area contributed by atoms with Gasteiger partial charge in [-0.1, -0.05) is 17.7 Å². The summed E-state index contributed by atoms with van der Waals surface area (Å²) in [4.78, 5) is 29.7. The summed E-state index contributed by atoms with van der Waals surface area (Å²) in [5.41, 5.74) is 1.01. The fourth-order valence-electron chi connectivity index (χ4n) is 1.47. The summed E-state index contributed by atoms with van der Waals surface area (Å²) in [7, 11) is 0. The number of nitro benzene ring substituents is 1. The van der Waals surface area contributed by atoms with Crippen LogP contribution >= 0.6 is 11.6 Å². The minimum atomic E-state index is -0.531. The molecule has 2 rings (SSSR count). The van der Waals surface area contributed by atoms with Crippen molar-refractivity contribution in [2.24, 2.45) is 0 Å². The lowest BCUT2D eigenvalue weighted by Gasteiger charge is -2.07. The minimum absolute atomic E-state index is 0.0697. The highest BCUT2D eigenvalue weighted by atomic mass is 35.5. The van der Waals surface area contributed by atoms with Crippen molar-refractivity contribution < 1.29 is 9.72 Å². The number of anilines is 1. The first-order chi connectivity index (χ1) is 9.47. The maximum Gasteiger partial charge on any atom is 0.275 e. The lowest BCUT2D eigenvalue weighted by atomic mass is 10.2. The van der Waals surface area contributed by atoms with Gasteiger partial charge in [-0.15, -0.1) is 0 Å². The third-order valence-corrected chi connectivity index (χ3v) is 2.73. The summed E-state index contributed by atoms with van der Waals surface area (Å²) in [6.07, 6.45) is 2.47. The van der Waals surface area contributed by atoms with Crippen LogP contribution in [0.5, 0.6) is 0 Å². The van der Waals surface area contributed by atoms with Crippen molar-refractivity contribution in [1.82, 2.24) is 9.97 Å². The molecule has 2 aromatic rings. The predicted octanol–water partition coefficient (Wildman–Crippen LogP) is 2.60. The molecule has 0 aliphatic carbocycles. The molecule has 1 heterocycles. The zero-order valence-electron chi connectivity index (χ0n) is 10.3. The summed E-state index contributed by atoms with van der Waals surface area (Å²) in [6.45, 7) is 1.73.